The molecule has 0 bridgehead atoms. The lowest BCUT2D eigenvalue weighted by molar-refractivity contribution is -0.889. The van der Waals surface area contributed by atoms with Crippen molar-refractivity contribution in [3.8, 4) is 0 Å². The van der Waals surface area contributed by atoms with E-state index < -0.39 is 18.1 Å². The van der Waals surface area contributed by atoms with E-state index >= 15 is 0 Å². The molecule has 0 aromatic heterocycles. The van der Waals surface area contributed by atoms with Gasteiger partial charge in [-0.05, 0) is 64.2 Å². The lowest BCUT2D eigenvalue weighted by Gasteiger charge is -2.34. The van der Waals surface area contributed by atoms with Crippen LogP contribution in [0.15, 0.2) is 72.9 Å². The van der Waals surface area contributed by atoms with E-state index in [1.165, 1.54) is 89.9 Å². The van der Waals surface area contributed by atoms with Crippen LogP contribution in [0.25, 0.3) is 0 Å². The van der Waals surface area contributed by atoms with E-state index in [0.717, 1.165) is 89.9 Å². The number of unbranched alkanes of at least 4 members (excludes halogenated alkanes) is 20. The number of carbonyl (C=O) groups excluding carboxylic acids is 3. The largest absolute Gasteiger partial charge is 0.544 e. The fraction of sp³-hybridized carbons (Fsp3) is 0.732. The van der Waals surface area contributed by atoms with Crippen molar-refractivity contribution in [2.45, 2.75) is 225 Å². The quantitative estimate of drug-likeness (QED) is 0.0259. The second-order valence-electron chi connectivity index (χ2n) is 18.4. The molecule has 8 nitrogen and oxygen atoms in total. The van der Waals surface area contributed by atoms with Gasteiger partial charge in [-0.15, -0.1) is 0 Å². The summed E-state index contributed by atoms with van der Waals surface area (Å²) in [6, 6.07) is -0.732. The molecule has 0 radical (unpaired) electrons. The minimum absolute atomic E-state index is 0.0313. The molecule has 0 N–H and O–H groups in total. The summed E-state index contributed by atoms with van der Waals surface area (Å²) in [6.07, 6.45) is 59.3. The Kier molecular flexibility index (Phi) is 44.0. The number of carboxylic acids is 1. The average Bonchev–Trinajstić information content (AvgIpc) is 3.26. The Hall–Kier alpha value is -3.23. The van der Waals surface area contributed by atoms with Gasteiger partial charge in [-0.1, -0.05) is 202 Å². The number of quaternary nitrogens is 1. The molecule has 368 valence electrons. The molecule has 0 saturated heterocycles. The van der Waals surface area contributed by atoms with Crippen molar-refractivity contribution in [3.05, 3.63) is 72.9 Å². The van der Waals surface area contributed by atoms with E-state index in [2.05, 4.69) is 86.8 Å². The summed E-state index contributed by atoms with van der Waals surface area (Å²) in [6.45, 7) is 4.54. The SMILES string of the molecule is CC/C=C/C/C=C/C/C=C/C/C=C/C/C=C/C/C=C/CCCCCCC(=O)OCC(COCCC(C(=O)[O-])[N+](C)(C)C)OC(=O)CCCCCCCCCCCCCCCCCCC. The molecule has 0 spiro atoms. The lowest BCUT2D eigenvalue weighted by atomic mass is 10.0. The molecule has 0 heterocycles. The zero-order valence-electron chi connectivity index (χ0n) is 41.9. The highest BCUT2D eigenvalue weighted by molar-refractivity contribution is 5.70. The topological polar surface area (TPSA) is 102 Å². The number of likely N-dealkylation sites (N-methyl/N-ethyl adjacent to an activating group) is 1. The van der Waals surface area contributed by atoms with E-state index in [9.17, 15) is 19.5 Å². The van der Waals surface area contributed by atoms with Gasteiger partial charge in [0.2, 0.25) is 0 Å². The predicted molar refractivity (Wildman–Crippen MR) is 268 cm³/mol. The summed E-state index contributed by atoms with van der Waals surface area (Å²) in [4.78, 5) is 37.0. The molecule has 64 heavy (non-hydrogen) atoms. The summed E-state index contributed by atoms with van der Waals surface area (Å²) < 4.78 is 17.2. The van der Waals surface area contributed by atoms with Crippen LogP contribution in [0.1, 0.15) is 213 Å². The molecule has 0 aromatic rings. The van der Waals surface area contributed by atoms with Crippen LogP contribution in [-0.2, 0) is 28.6 Å². The molecule has 0 fully saturated rings. The van der Waals surface area contributed by atoms with E-state index in [0.29, 0.717) is 12.8 Å². The monoisotopic (exact) mass is 896 g/mol. The highest BCUT2D eigenvalue weighted by Gasteiger charge is 2.25. The fourth-order valence-corrected chi connectivity index (χ4v) is 7.37. The van der Waals surface area contributed by atoms with Crippen molar-refractivity contribution in [2.24, 2.45) is 0 Å². The number of nitrogens with zero attached hydrogens (tertiary/aromatic N) is 1. The molecule has 0 aromatic carbocycles. The van der Waals surface area contributed by atoms with Crippen LogP contribution in [-0.4, -0.2) is 75.5 Å². The molecule has 0 aliphatic carbocycles. The van der Waals surface area contributed by atoms with Gasteiger partial charge in [-0.3, -0.25) is 9.59 Å². The molecule has 0 aliphatic rings. The first kappa shape index (κ1) is 60.8. The van der Waals surface area contributed by atoms with Crippen LogP contribution >= 0.6 is 0 Å². The predicted octanol–water partition coefficient (Wildman–Crippen LogP) is 13.8. The van der Waals surface area contributed by atoms with Gasteiger partial charge in [0.05, 0.1) is 40.3 Å². The van der Waals surface area contributed by atoms with Crippen LogP contribution < -0.4 is 5.11 Å². The zero-order chi connectivity index (χ0) is 47.0. The van der Waals surface area contributed by atoms with Crippen LogP contribution in [0.2, 0.25) is 0 Å². The molecule has 8 heteroatoms. The van der Waals surface area contributed by atoms with Crippen LogP contribution in [0.5, 0.6) is 0 Å². The maximum atomic E-state index is 12.8. The van der Waals surface area contributed by atoms with Crippen molar-refractivity contribution in [2.75, 3.05) is 41.0 Å². The lowest BCUT2D eigenvalue weighted by Crippen LogP contribution is -2.55. The minimum atomic E-state index is -1.13. The molecule has 0 saturated carbocycles. The third kappa shape index (κ3) is 44.0. The summed E-state index contributed by atoms with van der Waals surface area (Å²) in [5.41, 5.74) is 0. The first-order valence-electron chi connectivity index (χ1n) is 26.0. The van der Waals surface area contributed by atoms with Gasteiger partial charge in [0, 0.05) is 19.3 Å². The van der Waals surface area contributed by atoms with E-state index in [1.807, 2.05) is 0 Å². The van der Waals surface area contributed by atoms with Crippen molar-refractivity contribution >= 4 is 17.9 Å². The van der Waals surface area contributed by atoms with Crippen molar-refractivity contribution in [1.29, 1.82) is 0 Å². The number of aliphatic carboxylic acids is 1. The van der Waals surface area contributed by atoms with E-state index in [4.69, 9.17) is 14.2 Å². The Labute approximate surface area is 393 Å². The Morgan fingerprint density at radius 2 is 0.875 bits per heavy atom. The van der Waals surface area contributed by atoms with E-state index in [1.54, 1.807) is 21.1 Å². The first-order valence-corrected chi connectivity index (χ1v) is 26.0. The van der Waals surface area contributed by atoms with Gasteiger partial charge < -0.3 is 28.6 Å². The first-order chi connectivity index (χ1) is 31.1. The molecule has 2 unspecified atom stereocenters. The Balaban J connectivity index is 4.29. The standard InChI is InChI=1S/C56H97NO7/c1-6-8-10-12-14-16-18-20-22-24-25-26-27-28-29-31-32-34-36-38-40-42-44-46-54(58)63-51-52(50-62-49-48-53(56(60)61)57(3,4)5)64-55(59)47-45-43-41-39-37-35-33-30-23-21-19-17-15-13-11-9-7-2/h8,10,14,16,20,22,25-26,28-29,32,34,52-53H,6-7,9,11-13,15,17-19,21,23-24,27,30-31,33,35-51H2,1-5H3/b10-8+,16-14+,22-20+,26-25+,29-28+,34-32+. The van der Waals surface area contributed by atoms with Gasteiger partial charge in [0.1, 0.15) is 12.6 Å². The second-order valence-corrected chi connectivity index (χ2v) is 18.4. The van der Waals surface area contributed by atoms with E-state index in [-0.39, 0.29) is 42.7 Å². The maximum Gasteiger partial charge on any atom is 0.306 e. The van der Waals surface area contributed by atoms with Gasteiger partial charge in [-0.2, -0.15) is 0 Å². The van der Waals surface area contributed by atoms with Gasteiger partial charge >= 0.3 is 11.9 Å². The molecule has 0 amide bonds. The van der Waals surface area contributed by atoms with Crippen LogP contribution in [0.3, 0.4) is 0 Å². The third-order valence-corrected chi connectivity index (χ3v) is 11.4. The molecule has 0 aliphatic heterocycles. The van der Waals surface area contributed by atoms with Crippen LogP contribution in [0, 0.1) is 0 Å². The smallest absolute Gasteiger partial charge is 0.306 e. The molecule has 0 rings (SSSR count). The summed E-state index contributed by atoms with van der Waals surface area (Å²) in [5, 5.41) is 11.7. The molecular formula is C56H97NO7. The normalized spacial score (nSPS) is 13.5. The molecular weight excluding hydrogens is 799 g/mol. The Morgan fingerprint density at radius 1 is 0.484 bits per heavy atom. The van der Waals surface area contributed by atoms with Gasteiger partial charge in [0.25, 0.3) is 0 Å². The van der Waals surface area contributed by atoms with Gasteiger partial charge in [-0.25, -0.2) is 0 Å². The summed E-state index contributed by atoms with van der Waals surface area (Å²) in [7, 11) is 5.41. The fourth-order valence-electron chi connectivity index (χ4n) is 7.37. The summed E-state index contributed by atoms with van der Waals surface area (Å²) >= 11 is 0. The highest BCUT2D eigenvalue weighted by Crippen LogP contribution is 2.15. The second kappa shape index (κ2) is 46.3. The highest BCUT2D eigenvalue weighted by atomic mass is 16.6. The third-order valence-electron chi connectivity index (χ3n) is 11.4. The average molecular weight is 896 g/mol. The van der Waals surface area contributed by atoms with Crippen LogP contribution in [0.4, 0.5) is 0 Å². The Morgan fingerprint density at radius 3 is 1.30 bits per heavy atom. The number of rotatable bonds is 46. The molecule has 2 atom stereocenters. The number of hydrogen-bond acceptors (Lipinski definition) is 7. The zero-order valence-corrected chi connectivity index (χ0v) is 41.9. The number of hydrogen-bond donors (Lipinski definition) is 0. The number of carboxylic acid groups (broad SMARTS) is 1. The number of esters is 2. The minimum Gasteiger partial charge on any atom is -0.544 e. The number of ether oxygens (including phenoxy) is 3. The van der Waals surface area contributed by atoms with Gasteiger partial charge in [0.15, 0.2) is 6.10 Å². The Bertz CT molecular complexity index is 1270. The maximum absolute atomic E-state index is 12.8. The van der Waals surface area contributed by atoms with Crippen molar-refractivity contribution in [1.82, 2.24) is 0 Å². The summed E-state index contributed by atoms with van der Waals surface area (Å²) in [5.74, 6) is -1.76. The van der Waals surface area contributed by atoms with Crippen molar-refractivity contribution in [3.63, 3.8) is 0 Å². The number of allylic oxidation sites excluding steroid dienone is 12. The van der Waals surface area contributed by atoms with Crippen molar-refractivity contribution < 1.29 is 38.2 Å². The number of carbonyl (C=O) groups is 3.